The number of para-hydroxylation sites is 2. The van der Waals surface area contributed by atoms with Crippen LogP contribution in [0.4, 0.5) is 0 Å². The van der Waals surface area contributed by atoms with Crippen molar-refractivity contribution >= 4 is 7.82 Å². The first-order chi connectivity index (χ1) is 9.89. The van der Waals surface area contributed by atoms with E-state index in [9.17, 15) is 9.46 Å². The Morgan fingerprint density at radius 3 is 1.48 bits per heavy atom. The lowest BCUT2D eigenvalue weighted by molar-refractivity contribution is 0.291. The number of phosphoric ester groups is 1. The van der Waals surface area contributed by atoms with Gasteiger partial charge in [0.1, 0.15) is 11.5 Å². The fourth-order valence-corrected chi connectivity index (χ4v) is 2.06. The van der Waals surface area contributed by atoms with Crippen molar-refractivity contribution in [2.24, 2.45) is 0 Å². The van der Waals surface area contributed by atoms with Gasteiger partial charge in [-0.15, -0.1) is 6.58 Å². The van der Waals surface area contributed by atoms with Gasteiger partial charge in [0.15, 0.2) is 0 Å². The zero-order chi connectivity index (χ0) is 15.7. The maximum Gasteiger partial charge on any atom is 0.584 e. The molecule has 21 heavy (non-hydrogen) atoms. The smallest absolute Gasteiger partial charge is 0.395 e. The van der Waals surface area contributed by atoms with Crippen molar-refractivity contribution in [2.75, 3.05) is 0 Å². The molecule has 0 spiro atoms. The molecule has 0 aromatic heterocycles. The molecule has 4 nitrogen and oxygen atoms in total. The number of hydrogen-bond acceptors (Lipinski definition) is 3. The largest absolute Gasteiger partial charge is 0.584 e. The summed E-state index contributed by atoms with van der Waals surface area (Å²) < 4.78 is 21.5. The zero-order valence-electron chi connectivity index (χ0n) is 12.1. The Hall–Kier alpha value is -2.03. The van der Waals surface area contributed by atoms with E-state index in [2.05, 4.69) is 6.58 Å². The Bertz CT molecular complexity index is 547. The molecule has 2 rings (SSSR count). The Balaban J connectivity index is 0.000000491. The molecule has 0 saturated heterocycles. The summed E-state index contributed by atoms with van der Waals surface area (Å²) in [5.41, 5.74) is 1.17. The van der Waals surface area contributed by atoms with Crippen LogP contribution in [0.15, 0.2) is 72.8 Å². The second kappa shape index (κ2) is 8.30. The van der Waals surface area contributed by atoms with Crippen molar-refractivity contribution in [2.45, 2.75) is 13.8 Å². The molecule has 112 valence electrons. The summed E-state index contributed by atoms with van der Waals surface area (Å²) in [6.07, 6.45) is 0. The maximum atomic E-state index is 11.7. The maximum absolute atomic E-state index is 11.7. The van der Waals surface area contributed by atoms with E-state index in [-0.39, 0.29) is 11.5 Å². The summed E-state index contributed by atoms with van der Waals surface area (Å²) in [6.45, 7) is 7.50. The van der Waals surface area contributed by atoms with E-state index in [1.165, 1.54) is 5.57 Å². The van der Waals surface area contributed by atoms with Gasteiger partial charge in [-0.3, -0.25) is 4.89 Å². The average Bonchev–Trinajstić information content (AvgIpc) is 2.39. The highest BCUT2D eigenvalue weighted by Crippen LogP contribution is 2.43. The van der Waals surface area contributed by atoms with Crippen LogP contribution in [0.25, 0.3) is 0 Å². The minimum atomic E-state index is -4.14. The van der Waals surface area contributed by atoms with Crippen LogP contribution in [0.2, 0.25) is 0 Å². The second-order valence-electron chi connectivity index (χ2n) is 4.48. The summed E-state index contributed by atoms with van der Waals surface area (Å²) in [7, 11) is -4.14. The van der Waals surface area contributed by atoms with E-state index in [1.807, 2.05) is 13.8 Å². The third kappa shape index (κ3) is 7.98. The third-order valence-electron chi connectivity index (χ3n) is 1.93. The lowest BCUT2D eigenvalue weighted by Crippen LogP contribution is -1.99. The Labute approximate surface area is 125 Å². The van der Waals surface area contributed by atoms with Crippen LogP contribution in [0.5, 0.6) is 11.5 Å². The molecule has 2 aromatic rings. The molecule has 1 N–H and O–H groups in total. The predicted molar refractivity (Wildman–Crippen MR) is 84.5 cm³/mol. The highest BCUT2D eigenvalue weighted by molar-refractivity contribution is 7.48. The van der Waals surface area contributed by atoms with Crippen LogP contribution in [0.1, 0.15) is 13.8 Å². The van der Waals surface area contributed by atoms with Crippen LogP contribution in [-0.2, 0) is 4.57 Å². The number of rotatable bonds is 4. The molecule has 0 atom stereocenters. The standard InChI is InChI=1S/C12H11O4P.C4H8/c13-17(14,15-11-7-3-1-4-8-11)16-12-9-5-2-6-10-12;1-4(2)3/h1-10H,(H,13,14);1H2,2-3H3. The summed E-state index contributed by atoms with van der Waals surface area (Å²) >= 11 is 0. The topological polar surface area (TPSA) is 55.8 Å². The molecule has 2 aromatic carbocycles. The number of benzene rings is 2. The SMILES string of the molecule is C=C(C)C.O=P(O)(Oc1ccccc1)Oc1ccccc1. The van der Waals surface area contributed by atoms with Crippen molar-refractivity contribution in [3.05, 3.63) is 72.8 Å². The van der Waals surface area contributed by atoms with Gasteiger partial charge in [-0.25, -0.2) is 4.57 Å². The van der Waals surface area contributed by atoms with Crippen LogP contribution in [0, 0.1) is 0 Å². The number of phosphoric acid groups is 1. The van der Waals surface area contributed by atoms with Gasteiger partial charge in [0.25, 0.3) is 0 Å². The number of hydrogen-bond donors (Lipinski definition) is 1. The van der Waals surface area contributed by atoms with E-state index in [1.54, 1.807) is 60.7 Å². The summed E-state index contributed by atoms with van der Waals surface area (Å²) in [5.74, 6) is 0.573. The molecular weight excluding hydrogens is 287 g/mol. The van der Waals surface area contributed by atoms with Crippen molar-refractivity contribution in [3.8, 4) is 11.5 Å². The van der Waals surface area contributed by atoms with Gasteiger partial charge in [0.2, 0.25) is 0 Å². The second-order valence-corrected chi connectivity index (χ2v) is 5.79. The molecule has 0 bridgehead atoms. The van der Waals surface area contributed by atoms with E-state index >= 15 is 0 Å². The van der Waals surface area contributed by atoms with Gasteiger partial charge in [-0.1, -0.05) is 42.0 Å². The molecule has 0 aliphatic heterocycles. The highest BCUT2D eigenvalue weighted by Gasteiger charge is 2.24. The molecular formula is C16H19O4P. The Morgan fingerprint density at radius 2 is 1.19 bits per heavy atom. The van der Waals surface area contributed by atoms with E-state index in [0.717, 1.165) is 0 Å². The fraction of sp³-hybridized carbons (Fsp3) is 0.125. The van der Waals surface area contributed by atoms with Gasteiger partial charge in [-0.05, 0) is 38.1 Å². The van der Waals surface area contributed by atoms with Crippen molar-refractivity contribution in [3.63, 3.8) is 0 Å². The van der Waals surface area contributed by atoms with Gasteiger partial charge < -0.3 is 9.05 Å². The fourth-order valence-electron chi connectivity index (χ4n) is 1.25. The van der Waals surface area contributed by atoms with Crippen LogP contribution >= 0.6 is 7.82 Å². The first kappa shape index (κ1) is 17.0. The van der Waals surface area contributed by atoms with Crippen LogP contribution in [-0.4, -0.2) is 4.89 Å². The van der Waals surface area contributed by atoms with E-state index in [4.69, 9.17) is 9.05 Å². The summed E-state index contributed by atoms with van der Waals surface area (Å²) in [5, 5.41) is 0. The van der Waals surface area contributed by atoms with Crippen LogP contribution < -0.4 is 9.05 Å². The van der Waals surface area contributed by atoms with Crippen LogP contribution in [0.3, 0.4) is 0 Å². The molecule has 0 heterocycles. The Kier molecular flexibility index (Phi) is 6.73. The van der Waals surface area contributed by atoms with E-state index < -0.39 is 7.82 Å². The summed E-state index contributed by atoms with van der Waals surface area (Å²) in [4.78, 5) is 9.53. The first-order valence-electron chi connectivity index (χ1n) is 6.33. The molecule has 0 unspecified atom stereocenters. The zero-order valence-corrected chi connectivity index (χ0v) is 13.0. The molecule has 0 fully saturated rings. The van der Waals surface area contributed by atoms with Gasteiger partial charge in [0, 0.05) is 0 Å². The molecule has 0 aliphatic rings. The lowest BCUT2D eigenvalue weighted by atomic mass is 10.3. The first-order valence-corrected chi connectivity index (χ1v) is 7.83. The van der Waals surface area contributed by atoms with Gasteiger partial charge in [-0.2, -0.15) is 0 Å². The van der Waals surface area contributed by atoms with Crippen molar-refractivity contribution in [1.82, 2.24) is 0 Å². The Morgan fingerprint density at radius 1 is 0.905 bits per heavy atom. The minimum Gasteiger partial charge on any atom is -0.395 e. The average molecular weight is 306 g/mol. The van der Waals surface area contributed by atoms with Crippen molar-refractivity contribution < 1.29 is 18.5 Å². The van der Waals surface area contributed by atoms with Crippen molar-refractivity contribution in [1.29, 1.82) is 0 Å². The lowest BCUT2D eigenvalue weighted by Gasteiger charge is -2.13. The quantitative estimate of drug-likeness (QED) is 0.649. The third-order valence-corrected chi connectivity index (χ3v) is 2.81. The highest BCUT2D eigenvalue weighted by atomic mass is 31.2. The van der Waals surface area contributed by atoms with Gasteiger partial charge in [0.05, 0.1) is 0 Å². The predicted octanol–water partition coefficient (Wildman–Crippen LogP) is 4.83. The molecule has 5 heteroatoms. The minimum absolute atomic E-state index is 0.286. The summed E-state index contributed by atoms with van der Waals surface area (Å²) in [6, 6.07) is 16.7. The number of allylic oxidation sites excluding steroid dienone is 1. The molecule has 0 radical (unpaired) electrons. The molecule has 0 saturated carbocycles. The molecule has 0 amide bonds. The monoisotopic (exact) mass is 306 g/mol. The van der Waals surface area contributed by atoms with Gasteiger partial charge >= 0.3 is 7.82 Å². The van der Waals surface area contributed by atoms with E-state index in [0.29, 0.717) is 0 Å². The molecule has 0 aliphatic carbocycles. The normalized spacial score (nSPS) is 10.0.